The molecule has 3 rings (SSSR count). The maximum absolute atomic E-state index is 14.3. The lowest BCUT2D eigenvalue weighted by molar-refractivity contribution is -0.122. The zero-order valence-corrected chi connectivity index (χ0v) is 12.7. The predicted octanol–water partition coefficient (Wildman–Crippen LogP) is 3.39. The molecule has 0 radical (unpaired) electrons. The van der Waals surface area contributed by atoms with Crippen molar-refractivity contribution in [2.24, 2.45) is 5.92 Å². The Morgan fingerprint density at radius 2 is 1.83 bits per heavy atom. The van der Waals surface area contributed by atoms with Crippen LogP contribution in [0.25, 0.3) is 0 Å². The highest BCUT2D eigenvalue weighted by Gasteiger charge is 2.35. The second-order valence-electron chi connectivity index (χ2n) is 5.72. The third kappa shape index (κ3) is 3.18. The molecule has 2 aromatic rings. The first-order chi connectivity index (χ1) is 11.1. The van der Waals surface area contributed by atoms with Gasteiger partial charge in [0, 0.05) is 36.1 Å². The van der Waals surface area contributed by atoms with E-state index in [4.69, 9.17) is 4.74 Å². The Kier molecular flexibility index (Phi) is 4.28. The van der Waals surface area contributed by atoms with E-state index in [2.05, 4.69) is 5.32 Å². The molecule has 23 heavy (non-hydrogen) atoms. The van der Waals surface area contributed by atoms with Gasteiger partial charge in [0.25, 0.3) is 0 Å². The van der Waals surface area contributed by atoms with Gasteiger partial charge in [0.2, 0.25) is 5.91 Å². The minimum absolute atomic E-state index is 0.0529. The number of amides is 1. The number of nitrogens with one attached hydrogen (secondary N) is 1. The largest absolute Gasteiger partial charge is 0.489 e. The van der Waals surface area contributed by atoms with E-state index in [0.29, 0.717) is 0 Å². The Labute approximate surface area is 133 Å². The van der Waals surface area contributed by atoms with Gasteiger partial charge in [0.05, 0.1) is 0 Å². The van der Waals surface area contributed by atoms with E-state index in [0.717, 1.165) is 5.56 Å². The van der Waals surface area contributed by atoms with E-state index in [-0.39, 0.29) is 30.4 Å². The first-order valence-corrected chi connectivity index (χ1v) is 7.49. The summed E-state index contributed by atoms with van der Waals surface area (Å²) in [7, 11) is 0. The summed E-state index contributed by atoms with van der Waals surface area (Å²) in [6, 6.07) is 11.7. The van der Waals surface area contributed by atoms with E-state index in [1.165, 1.54) is 12.1 Å². The topological polar surface area (TPSA) is 38.3 Å². The van der Waals surface area contributed by atoms with Gasteiger partial charge < -0.3 is 10.1 Å². The summed E-state index contributed by atoms with van der Waals surface area (Å²) in [5.41, 5.74) is 0.861. The van der Waals surface area contributed by atoms with Crippen LogP contribution in [0.5, 0.6) is 5.75 Å². The van der Waals surface area contributed by atoms with Gasteiger partial charge in [-0.15, -0.1) is 0 Å². The van der Waals surface area contributed by atoms with Crippen LogP contribution < -0.4 is 10.1 Å². The zero-order valence-electron chi connectivity index (χ0n) is 12.7. The van der Waals surface area contributed by atoms with E-state index in [1.54, 1.807) is 6.92 Å². The van der Waals surface area contributed by atoms with Crippen LogP contribution in [-0.2, 0) is 11.4 Å². The molecule has 1 N–H and O–H groups in total. The fourth-order valence-electron chi connectivity index (χ4n) is 2.82. The summed E-state index contributed by atoms with van der Waals surface area (Å²) >= 11 is 0. The summed E-state index contributed by atoms with van der Waals surface area (Å²) in [6.45, 7) is 2.16. The van der Waals surface area contributed by atoms with E-state index in [9.17, 15) is 13.6 Å². The first kappa shape index (κ1) is 15.5. The number of carbonyl (C=O) groups is 1. The molecular formula is C18H17F2NO2. The second kappa shape index (κ2) is 6.36. The van der Waals surface area contributed by atoms with E-state index < -0.39 is 23.5 Å². The summed E-state index contributed by atoms with van der Waals surface area (Å²) in [6.07, 6.45) is 0. The molecule has 5 heteroatoms. The van der Waals surface area contributed by atoms with Crippen molar-refractivity contribution in [1.29, 1.82) is 0 Å². The van der Waals surface area contributed by atoms with Crippen molar-refractivity contribution in [2.75, 3.05) is 6.54 Å². The van der Waals surface area contributed by atoms with Gasteiger partial charge >= 0.3 is 0 Å². The number of ether oxygens (including phenoxy) is 1. The molecule has 1 heterocycles. The van der Waals surface area contributed by atoms with Crippen LogP contribution in [0.15, 0.2) is 42.5 Å². The van der Waals surface area contributed by atoms with Gasteiger partial charge in [-0.25, -0.2) is 8.78 Å². The fourth-order valence-corrected chi connectivity index (χ4v) is 2.82. The van der Waals surface area contributed by atoms with Crippen LogP contribution >= 0.6 is 0 Å². The molecule has 2 aromatic carbocycles. The molecule has 0 bridgehead atoms. The van der Waals surface area contributed by atoms with Crippen LogP contribution in [0.1, 0.15) is 24.0 Å². The summed E-state index contributed by atoms with van der Waals surface area (Å²) in [5.74, 6) is -2.35. The van der Waals surface area contributed by atoms with E-state index >= 15 is 0 Å². The van der Waals surface area contributed by atoms with Crippen molar-refractivity contribution in [2.45, 2.75) is 19.4 Å². The molecule has 1 fully saturated rings. The average Bonchev–Trinajstić information content (AvgIpc) is 2.86. The highest BCUT2D eigenvalue weighted by Crippen LogP contribution is 2.34. The number of carbonyl (C=O) groups excluding carboxylic acids is 1. The molecule has 0 unspecified atom stereocenters. The summed E-state index contributed by atoms with van der Waals surface area (Å²) in [5, 5.41) is 2.63. The predicted molar refractivity (Wildman–Crippen MR) is 82.0 cm³/mol. The van der Waals surface area contributed by atoms with Crippen LogP contribution in [0.4, 0.5) is 8.78 Å². The Morgan fingerprint density at radius 1 is 1.17 bits per heavy atom. The zero-order chi connectivity index (χ0) is 16.4. The lowest BCUT2D eigenvalue weighted by atomic mass is 9.89. The van der Waals surface area contributed by atoms with Gasteiger partial charge in [-0.3, -0.25) is 4.79 Å². The standard InChI is InChI=1S/C18H17F2NO2/c1-11-14(9-21-18(11)22)17-15(19)7-13(8-16(17)20)23-10-12-5-3-2-4-6-12/h2-8,11,14H,9-10H2,1H3,(H,21,22)/t11-,14+/m0/s1. The van der Waals surface area contributed by atoms with Gasteiger partial charge in [0.1, 0.15) is 24.0 Å². The first-order valence-electron chi connectivity index (χ1n) is 7.49. The summed E-state index contributed by atoms with van der Waals surface area (Å²) < 4.78 is 34.1. The van der Waals surface area contributed by atoms with Crippen LogP contribution in [0.3, 0.4) is 0 Å². The van der Waals surface area contributed by atoms with Gasteiger partial charge in [-0.2, -0.15) is 0 Å². The molecule has 120 valence electrons. The monoisotopic (exact) mass is 317 g/mol. The molecule has 0 aromatic heterocycles. The molecule has 0 saturated carbocycles. The molecule has 2 atom stereocenters. The number of halogens is 2. The molecule has 0 aliphatic carbocycles. The number of rotatable bonds is 4. The Bertz CT molecular complexity index is 695. The smallest absolute Gasteiger partial charge is 0.223 e. The molecular weight excluding hydrogens is 300 g/mol. The molecule has 3 nitrogen and oxygen atoms in total. The summed E-state index contributed by atoms with van der Waals surface area (Å²) in [4.78, 5) is 11.5. The second-order valence-corrected chi connectivity index (χ2v) is 5.72. The third-order valence-electron chi connectivity index (χ3n) is 4.19. The maximum atomic E-state index is 14.3. The highest BCUT2D eigenvalue weighted by atomic mass is 19.1. The van der Waals surface area contributed by atoms with Crippen molar-refractivity contribution in [1.82, 2.24) is 5.32 Å². The normalized spacial score (nSPS) is 20.4. The quantitative estimate of drug-likeness (QED) is 0.938. The van der Waals surface area contributed by atoms with Crippen molar-refractivity contribution < 1.29 is 18.3 Å². The minimum atomic E-state index is -0.679. The fraction of sp³-hybridized carbons (Fsp3) is 0.278. The molecule has 1 aliphatic rings. The molecule has 1 saturated heterocycles. The molecule has 1 aliphatic heterocycles. The van der Waals surface area contributed by atoms with Crippen molar-refractivity contribution in [3.05, 3.63) is 65.2 Å². The SMILES string of the molecule is C[C@@H]1C(=O)NC[C@H]1c1c(F)cc(OCc2ccccc2)cc1F. The maximum Gasteiger partial charge on any atom is 0.223 e. The molecule has 0 spiro atoms. The number of benzene rings is 2. The highest BCUT2D eigenvalue weighted by molar-refractivity contribution is 5.82. The third-order valence-corrected chi connectivity index (χ3v) is 4.19. The van der Waals surface area contributed by atoms with Crippen LogP contribution in [-0.4, -0.2) is 12.5 Å². The van der Waals surface area contributed by atoms with Crippen molar-refractivity contribution in [3.63, 3.8) is 0 Å². The minimum Gasteiger partial charge on any atom is -0.489 e. The Morgan fingerprint density at radius 3 is 2.39 bits per heavy atom. The lowest BCUT2D eigenvalue weighted by Gasteiger charge is -2.16. The van der Waals surface area contributed by atoms with Crippen LogP contribution in [0, 0.1) is 17.6 Å². The van der Waals surface area contributed by atoms with Gasteiger partial charge in [-0.05, 0) is 5.56 Å². The Balaban J connectivity index is 1.79. The number of hydrogen-bond donors (Lipinski definition) is 1. The molecule has 1 amide bonds. The van der Waals surface area contributed by atoms with Gasteiger partial charge in [-0.1, -0.05) is 37.3 Å². The van der Waals surface area contributed by atoms with Crippen molar-refractivity contribution in [3.8, 4) is 5.75 Å². The van der Waals surface area contributed by atoms with Gasteiger partial charge in [0.15, 0.2) is 0 Å². The Hall–Kier alpha value is -2.43. The average molecular weight is 317 g/mol. The van der Waals surface area contributed by atoms with Crippen LogP contribution in [0.2, 0.25) is 0 Å². The number of hydrogen-bond acceptors (Lipinski definition) is 2. The van der Waals surface area contributed by atoms with E-state index in [1.807, 2.05) is 30.3 Å². The van der Waals surface area contributed by atoms with Crippen molar-refractivity contribution >= 4 is 5.91 Å². The lowest BCUT2D eigenvalue weighted by Crippen LogP contribution is -2.17.